The van der Waals surface area contributed by atoms with Gasteiger partial charge < -0.3 is 5.32 Å². The molecule has 1 aliphatic heterocycles. The molecule has 0 radical (unpaired) electrons. The van der Waals surface area contributed by atoms with Gasteiger partial charge in [-0.15, -0.1) is 0 Å². The molecular weight excluding hydrogens is 342 g/mol. The number of nitrogens with one attached hydrogen (secondary N) is 5. The maximum atomic E-state index is 12.1. The van der Waals surface area contributed by atoms with Crippen LogP contribution in [0.25, 0.3) is 0 Å². The van der Waals surface area contributed by atoms with Crippen molar-refractivity contribution >= 4 is 15.9 Å². The quantitative estimate of drug-likeness (QED) is 0.460. The number of hydrazine groups is 1. The fraction of sp³-hybridized carbons (Fsp3) is 0.938. The number of hydrogen-bond acceptors (Lipinski definition) is 6. The van der Waals surface area contributed by atoms with Crippen molar-refractivity contribution in [3.8, 4) is 0 Å². The lowest BCUT2D eigenvalue weighted by molar-refractivity contribution is 0.115. The number of carbonyl (C=O) groups is 1. The molecule has 1 heterocycles. The van der Waals surface area contributed by atoms with Crippen molar-refractivity contribution < 1.29 is 13.2 Å². The second-order valence-corrected chi connectivity index (χ2v) is 9.78. The summed E-state index contributed by atoms with van der Waals surface area (Å²) in [4.78, 5) is 12.1. The van der Waals surface area contributed by atoms with Crippen LogP contribution in [0.4, 0.5) is 4.79 Å². The van der Waals surface area contributed by atoms with Gasteiger partial charge in [-0.2, -0.15) is 0 Å². The maximum absolute atomic E-state index is 12.1. The minimum absolute atomic E-state index is 0.149. The van der Waals surface area contributed by atoms with Gasteiger partial charge in [-0.25, -0.2) is 18.6 Å². The first kappa shape index (κ1) is 18.9. The number of sulfone groups is 1. The lowest BCUT2D eigenvalue weighted by Crippen LogP contribution is -2.71. The standard InChI is InChI=1S/C16H31N5O3S/c1-25(23,24)16-18-13-10-6-5-9-12(13)14(19-16)20-21-15(22)17-11-7-3-2-4-8-11/h11-14,16,18-20H,2-10H2,1H3,(H2,17,21,22). The molecule has 4 unspecified atom stereocenters. The molecule has 5 N–H and O–H groups in total. The van der Waals surface area contributed by atoms with E-state index in [-0.39, 0.29) is 30.2 Å². The number of rotatable bonds is 4. The predicted molar refractivity (Wildman–Crippen MR) is 96.1 cm³/mol. The molecule has 4 atom stereocenters. The largest absolute Gasteiger partial charge is 0.334 e. The maximum Gasteiger partial charge on any atom is 0.329 e. The zero-order valence-corrected chi connectivity index (χ0v) is 15.7. The van der Waals surface area contributed by atoms with Gasteiger partial charge in [0.15, 0.2) is 15.3 Å². The molecule has 3 fully saturated rings. The minimum Gasteiger partial charge on any atom is -0.334 e. The average molecular weight is 374 g/mol. The molecule has 2 aliphatic carbocycles. The molecule has 0 bridgehead atoms. The van der Waals surface area contributed by atoms with E-state index in [4.69, 9.17) is 0 Å². The van der Waals surface area contributed by atoms with Crippen molar-refractivity contribution in [3.63, 3.8) is 0 Å². The van der Waals surface area contributed by atoms with Gasteiger partial charge in [0.1, 0.15) is 0 Å². The van der Waals surface area contributed by atoms with Gasteiger partial charge in [0.2, 0.25) is 0 Å². The fourth-order valence-electron chi connectivity index (χ4n) is 4.30. The molecule has 0 aromatic rings. The molecule has 3 rings (SSSR count). The van der Waals surface area contributed by atoms with Crippen molar-refractivity contribution in [2.75, 3.05) is 6.26 Å². The van der Waals surface area contributed by atoms with Crippen molar-refractivity contribution in [1.82, 2.24) is 26.8 Å². The molecular formula is C16H31N5O3S. The highest BCUT2D eigenvalue weighted by atomic mass is 32.2. The summed E-state index contributed by atoms with van der Waals surface area (Å²) in [6.45, 7) is 0. The lowest BCUT2D eigenvalue weighted by atomic mass is 9.81. The minimum atomic E-state index is -3.26. The summed E-state index contributed by atoms with van der Waals surface area (Å²) in [6, 6.07) is 0.147. The summed E-state index contributed by atoms with van der Waals surface area (Å²) in [7, 11) is -3.26. The van der Waals surface area contributed by atoms with Gasteiger partial charge in [0.25, 0.3) is 0 Å². The first-order valence-corrected chi connectivity index (χ1v) is 11.4. The Morgan fingerprint density at radius 1 is 0.960 bits per heavy atom. The van der Waals surface area contributed by atoms with Crippen LogP contribution in [0.3, 0.4) is 0 Å². The summed E-state index contributed by atoms with van der Waals surface area (Å²) < 4.78 is 23.9. The molecule has 25 heavy (non-hydrogen) atoms. The highest BCUT2D eigenvalue weighted by molar-refractivity contribution is 7.91. The second kappa shape index (κ2) is 8.20. The Balaban J connectivity index is 1.55. The van der Waals surface area contributed by atoms with E-state index in [1.165, 1.54) is 12.7 Å². The van der Waals surface area contributed by atoms with E-state index in [9.17, 15) is 13.2 Å². The molecule has 2 saturated carbocycles. The predicted octanol–water partition coefficient (Wildman–Crippen LogP) is 0.529. The summed E-state index contributed by atoms with van der Waals surface area (Å²) in [5.41, 5.74) is 4.97. The Morgan fingerprint density at radius 3 is 2.36 bits per heavy atom. The highest BCUT2D eigenvalue weighted by Gasteiger charge is 2.41. The van der Waals surface area contributed by atoms with Gasteiger partial charge in [-0.05, 0) is 25.7 Å². The first-order valence-electron chi connectivity index (χ1n) is 9.46. The second-order valence-electron chi connectivity index (χ2n) is 7.65. The summed E-state index contributed by atoms with van der Waals surface area (Å²) in [6.07, 6.45) is 10.8. The van der Waals surface area contributed by atoms with Gasteiger partial charge >= 0.3 is 6.03 Å². The summed E-state index contributed by atoms with van der Waals surface area (Å²) >= 11 is 0. The van der Waals surface area contributed by atoms with E-state index in [0.29, 0.717) is 0 Å². The van der Waals surface area contributed by atoms with Crippen LogP contribution >= 0.6 is 0 Å². The van der Waals surface area contributed by atoms with Crippen molar-refractivity contribution in [3.05, 3.63) is 0 Å². The van der Waals surface area contributed by atoms with Crippen LogP contribution in [0.5, 0.6) is 0 Å². The number of hydrogen-bond donors (Lipinski definition) is 5. The fourth-order valence-corrected chi connectivity index (χ4v) is 5.12. The van der Waals surface area contributed by atoms with Crippen molar-refractivity contribution in [1.29, 1.82) is 0 Å². The summed E-state index contributed by atoms with van der Waals surface area (Å²) in [5.74, 6) is 0.252. The van der Waals surface area contributed by atoms with Gasteiger partial charge in [0.05, 0.1) is 6.17 Å². The third kappa shape index (κ3) is 5.06. The molecule has 0 aromatic carbocycles. The van der Waals surface area contributed by atoms with Crippen LogP contribution < -0.4 is 26.8 Å². The van der Waals surface area contributed by atoms with Gasteiger partial charge in [0, 0.05) is 24.3 Å². The molecule has 2 amide bonds. The number of carbonyl (C=O) groups excluding carboxylic acids is 1. The number of amides is 2. The van der Waals surface area contributed by atoms with E-state index in [1.807, 2.05) is 0 Å². The molecule has 0 aromatic heterocycles. The van der Waals surface area contributed by atoms with E-state index in [0.717, 1.165) is 51.4 Å². The van der Waals surface area contributed by atoms with Crippen LogP contribution in [0.15, 0.2) is 0 Å². The van der Waals surface area contributed by atoms with Crippen LogP contribution in [0, 0.1) is 5.92 Å². The van der Waals surface area contributed by atoms with E-state index in [2.05, 4.69) is 26.8 Å². The first-order chi connectivity index (χ1) is 11.9. The third-order valence-corrected chi connectivity index (χ3v) is 6.78. The highest BCUT2D eigenvalue weighted by Crippen LogP contribution is 2.29. The van der Waals surface area contributed by atoms with Crippen LogP contribution in [-0.2, 0) is 9.84 Å². The normalized spacial score (nSPS) is 34.1. The van der Waals surface area contributed by atoms with Crippen molar-refractivity contribution in [2.45, 2.75) is 81.5 Å². The zero-order valence-electron chi connectivity index (χ0n) is 14.9. The van der Waals surface area contributed by atoms with Gasteiger partial charge in [-0.1, -0.05) is 32.1 Å². The Morgan fingerprint density at radius 2 is 1.64 bits per heavy atom. The zero-order chi connectivity index (χ0) is 17.9. The lowest BCUT2D eigenvalue weighted by Gasteiger charge is -2.45. The van der Waals surface area contributed by atoms with Crippen LogP contribution in [-0.4, -0.2) is 44.5 Å². The van der Waals surface area contributed by atoms with Crippen molar-refractivity contribution in [2.24, 2.45) is 5.92 Å². The Kier molecular flexibility index (Phi) is 6.19. The topological polar surface area (TPSA) is 111 Å². The van der Waals surface area contributed by atoms with E-state index < -0.39 is 15.3 Å². The van der Waals surface area contributed by atoms with E-state index in [1.54, 1.807) is 0 Å². The number of urea groups is 1. The molecule has 3 aliphatic rings. The van der Waals surface area contributed by atoms with Crippen LogP contribution in [0.1, 0.15) is 57.8 Å². The Labute approximate surface area is 150 Å². The molecule has 9 heteroatoms. The third-order valence-electron chi connectivity index (χ3n) is 5.65. The average Bonchev–Trinajstić information content (AvgIpc) is 2.59. The SMILES string of the molecule is CS(=O)(=O)C1NC2CCCCC2C(NNC(=O)NC2CCCCC2)N1. The molecule has 0 spiro atoms. The van der Waals surface area contributed by atoms with E-state index >= 15 is 0 Å². The molecule has 8 nitrogen and oxygen atoms in total. The smallest absolute Gasteiger partial charge is 0.329 e. The number of fused-ring (bicyclic) bond motifs is 1. The Bertz CT molecular complexity index is 564. The summed E-state index contributed by atoms with van der Waals surface area (Å²) in [5, 5.41) is 9.31. The Hall–Kier alpha value is -0.900. The monoisotopic (exact) mass is 373 g/mol. The van der Waals surface area contributed by atoms with Gasteiger partial charge in [-0.3, -0.25) is 16.1 Å². The molecule has 144 valence electrons. The molecule has 1 saturated heterocycles. The van der Waals surface area contributed by atoms with Crippen LogP contribution in [0.2, 0.25) is 0 Å².